The van der Waals surface area contributed by atoms with Gasteiger partial charge in [0.05, 0.1) is 16.8 Å². The Kier molecular flexibility index (Phi) is 3.54. The highest BCUT2D eigenvalue weighted by molar-refractivity contribution is 6.32. The van der Waals surface area contributed by atoms with Crippen molar-refractivity contribution in [1.29, 1.82) is 0 Å². The standard InChI is InChI=1S/C14H17ClN2O2/c1-3-14(4-2)8-12(18)17(13(14)19)11-7-9(15)5-6-10(11)16/h5-7H,3-4,8,16H2,1-2H3. The largest absolute Gasteiger partial charge is 0.397 e. The number of hydrogen-bond donors (Lipinski definition) is 1. The number of hydrogen-bond acceptors (Lipinski definition) is 3. The molecule has 0 unspecified atom stereocenters. The second-order valence-electron chi connectivity index (χ2n) is 4.90. The number of nitrogens with zero attached hydrogens (tertiary/aromatic N) is 1. The van der Waals surface area contributed by atoms with Gasteiger partial charge in [-0.2, -0.15) is 0 Å². The first-order valence-corrected chi connectivity index (χ1v) is 6.75. The normalized spacial score (nSPS) is 18.2. The van der Waals surface area contributed by atoms with Crippen LogP contribution >= 0.6 is 11.6 Å². The van der Waals surface area contributed by atoms with Gasteiger partial charge in [0.15, 0.2) is 0 Å². The van der Waals surface area contributed by atoms with Crippen LogP contribution in [0.15, 0.2) is 18.2 Å². The van der Waals surface area contributed by atoms with E-state index in [1.165, 1.54) is 4.90 Å². The molecule has 2 amide bonds. The van der Waals surface area contributed by atoms with Gasteiger partial charge in [-0.1, -0.05) is 25.4 Å². The Morgan fingerprint density at radius 3 is 2.47 bits per heavy atom. The Hall–Kier alpha value is -1.55. The van der Waals surface area contributed by atoms with Gasteiger partial charge in [-0.15, -0.1) is 0 Å². The zero-order valence-corrected chi connectivity index (χ0v) is 11.8. The van der Waals surface area contributed by atoms with Crippen LogP contribution in [0.5, 0.6) is 0 Å². The van der Waals surface area contributed by atoms with Crippen LogP contribution in [-0.2, 0) is 9.59 Å². The molecule has 0 atom stereocenters. The van der Waals surface area contributed by atoms with Gasteiger partial charge in [0.1, 0.15) is 0 Å². The van der Waals surface area contributed by atoms with Crippen LogP contribution in [0.1, 0.15) is 33.1 Å². The second kappa shape index (κ2) is 4.85. The third-order valence-electron chi connectivity index (χ3n) is 3.98. The maximum absolute atomic E-state index is 12.6. The zero-order chi connectivity index (χ0) is 14.2. The van der Waals surface area contributed by atoms with Crippen molar-refractivity contribution < 1.29 is 9.59 Å². The minimum atomic E-state index is -0.591. The van der Waals surface area contributed by atoms with Gasteiger partial charge >= 0.3 is 0 Å². The number of halogens is 1. The number of imide groups is 1. The van der Waals surface area contributed by atoms with Gasteiger partial charge in [-0.25, -0.2) is 4.90 Å². The molecule has 102 valence electrons. The van der Waals surface area contributed by atoms with Crippen LogP contribution in [0.2, 0.25) is 5.02 Å². The van der Waals surface area contributed by atoms with E-state index >= 15 is 0 Å². The van der Waals surface area contributed by atoms with Gasteiger partial charge in [-0.3, -0.25) is 9.59 Å². The topological polar surface area (TPSA) is 63.4 Å². The van der Waals surface area contributed by atoms with Crippen LogP contribution in [0.4, 0.5) is 11.4 Å². The molecule has 1 aliphatic heterocycles. The quantitative estimate of drug-likeness (QED) is 0.684. The molecule has 0 radical (unpaired) electrons. The Labute approximate surface area is 117 Å². The number of rotatable bonds is 3. The van der Waals surface area contributed by atoms with E-state index < -0.39 is 5.41 Å². The van der Waals surface area contributed by atoms with Gasteiger partial charge in [0, 0.05) is 11.4 Å². The molecule has 0 saturated carbocycles. The number of carbonyl (C=O) groups is 2. The summed E-state index contributed by atoms with van der Waals surface area (Å²) in [5.41, 5.74) is 6.05. The minimum Gasteiger partial charge on any atom is -0.397 e. The van der Waals surface area contributed by atoms with Crippen LogP contribution in [0.25, 0.3) is 0 Å². The summed E-state index contributed by atoms with van der Waals surface area (Å²) in [5, 5.41) is 0.454. The number of amides is 2. The second-order valence-corrected chi connectivity index (χ2v) is 5.34. The van der Waals surface area contributed by atoms with Gasteiger partial charge in [-0.05, 0) is 31.0 Å². The smallest absolute Gasteiger partial charge is 0.240 e. The summed E-state index contributed by atoms with van der Waals surface area (Å²) in [6, 6.07) is 4.81. The predicted molar refractivity (Wildman–Crippen MR) is 76.0 cm³/mol. The molecule has 1 aromatic carbocycles. The van der Waals surface area contributed by atoms with E-state index in [9.17, 15) is 9.59 Å². The maximum Gasteiger partial charge on any atom is 0.240 e. The first-order valence-electron chi connectivity index (χ1n) is 6.37. The van der Waals surface area contributed by atoms with Crippen molar-refractivity contribution in [2.75, 3.05) is 10.6 Å². The van der Waals surface area contributed by atoms with E-state index in [-0.39, 0.29) is 18.2 Å². The monoisotopic (exact) mass is 280 g/mol. The van der Waals surface area contributed by atoms with Crippen LogP contribution < -0.4 is 10.6 Å². The first kappa shape index (κ1) is 13.9. The fourth-order valence-electron chi connectivity index (χ4n) is 2.55. The predicted octanol–water partition coefficient (Wildman–Crippen LogP) is 2.99. The van der Waals surface area contributed by atoms with Crippen molar-refractivity contribution >= 4 is 34.8 Å². The highest BCUT2D eigenvalue weighted by Gasteiger charge is 2.50. The fraction of sp³-hybridized carbons (Fsp3) is 0.429. The van der Waals surface area contributed by atoms with Crippen molar-refractivity contribution in [3.63, 3.8) is 0 Å². The van der Waals surface area contributed by atoms with Crippen molar-refractivity contribution in [1.82, 2.24) is 0 Å². The number of anilines is 2. The van der Waals surface area contributed by atoms with Crippen molar-refractivity contribution in [2.24, 2.45) is 5.41 Å². The molecule has 1 fully saturated rings. The Morgan fingerprint density at radius 2 is 1.95 bits per heavy atom. The number of benzene rings is 1. The lowest BCUT2D eigenvalue weighted by Crippen LogP contribution is -2.35. The summed E-state index contributed by atoms with van der Waals surface area (Å²) < 4.78 is 0. The lowest BCUT2D eigenvalue weighted by Gasteiger charge is -2.24. The van der Waals surface area contributed by atoms with E-state index in [1.807, 2.05) is 13.8 Å². The van der Waals surface area contributed by atoms with Gasteiger partial charge in [0.2, 0.25) is 11.8 Å². The molecule has 5 heteroatoms. The molecule has 1 heterocycles. The molecule has 0 bridgehead atoms. The molecule has 2 N–H and O–H groups in total. The molecule has 1 aromatic rings. The fourth-order valence-corrected chi connectivity index (χ4v) is 2.72. The third-order valence-corrected chi connectivity index (χ3v) is 4.22. The van der Waals surface area contributed by atoms with Gasteiger partial charge in [0.25, 0.3) is 0 Å². The molecule has 4 nitrogen and oxygen atoms in total. The average molecular weight is 281 g/mol. The maximum atomic E-state index is 12.6. The summed E-state index contributed by atoms with van der Waals surface area (Å²) in [6.07, 6.45) is 1.53. The molecule has 19 heavy (non-hydrogen) atoms. The Morgan fingerprint density at radius 1 is 1.32 bits per heavy atom. The lowest BCUT2D eigenvalue weighted by atomic mass is 9.81. The lowest BCUT2D eigenvalue weighted by molar-refractivity contribution is -0.126. The highest BCUT2D eigenvalue weighted by Crippen LogP contribution is 2.42. The first-order chi connectivity index (χ1) is 8.95. The SMILES string of the molecule is CCC1(CC)CC(=O)N(c2cc(Cl)ccc2N)C1=O. The summed E-state index contributed by atoms with van der Waals surface area (Å²) in [5.74, 6) is -0.376. The van der Waals surface area contributed by atoms with Crippen LogP contribution in [0.3, 0.4) is 0 Å². The van der Waals surface area contributed by atoms with E-state index in [0.29, 0.717) is 29.2 Å². The molecule has 1 saturated heterocycles. The summed E-state index contributed by atoms with van der Waals surface area (Å²) in [4.78, 5) is 25.9. The summed E-state index contributed by atoms with van der Waals surface area (Å²) in [7, 11) is 0. The molecular weight excluding hydrogens is 264 g/mol. The molecule has 0 aliphatic carbocycles. The number of nitrogens with two attached hydrogens (primary N) is 1. The molecule has 0 spiro atoms. The molecule has 1 aliphatic rings. The molecular formula is C14H17ClN2O2. The van der Waals surface area contributed by atoms with Crippen molar-refractivity contribution in [2.45, 2.75) is 33.1 Å². The van der Waals surface area contributed by atoms with E-state index in [0.717, 1.165) is 0 Å². The van der Waals surface area contributed by atoms with Crippen molar-refractivity contribution in [3.05, 3.63) is 23.2 Å². The van der Waals surface area contributed by atoms with Gasteiger partial charge < -0.3 is 5.73 Å². The van der Waals surface area contributed by atoms with Crippen molar-refractivity contribution in [3.8, 4) is 0 Å². The zero-order valence-electron chi connectivity index (χ0n) is 11.1. The third kappa shape index (κ3) is 2.10. The summed E-state index contributed by atoms with van der Waals surface area (Å²) in [6.45, 7) is 3.86. The Bertz CT molecular complexity index is 538. The number of nitrogen functional groups attached to an aromatic ring is 1. The van der Waals surface area contributed by atoms with Crippen LogP contribution in [-0.4, -0.2) is 11.8 Å². The van der Waals surface area contributed by atoms with E-state index in [4.69, 9.17) is 17.3 Å². The average Bonchev–Trinajstić information content (AvgIpc) is 2.64. The van der Waals surface area contributed by atoms with E-state index in [1.54, 1.807) is 18.2 Å². The molecule has 2 rings (SSSR count). The Balaban J connectivity index is 2.49. The van der Waals surface area contributed by atoms with E-state index in [2.05, 4.69) is 0 Å². The van der Waals surface area contributed by atoms with Crippen LogP contribution in [0, 0.1) is 5.41 Å². The summed E-state index contributed by atoms with van der Waals surface area (Å²) >= 11 is 5.92. The number of carbonyl (C=O) groups excluding carboxylic acids is 2. The minimum absolute atomic E-state index is 0.170. The highest BCUT2D eigenvalue weighted by atomic mass is 35.5. The molecule has 0 aromatic heterocycles.